The van der Waals surface area contributed by atoms with Gasteiger partial charge in [0.25, 0.3) is 0 Å². The van der Waals surface area contributed by atoms with Gasteiger partial charge in [0.2, 0.25) is 17.7 Å². The van der Waals surface area contributed by atoms with Crippen LogP contribution >= 0.6 is 11.8 Å². The smallest absolute Gasteiger partial charge is 0.315 e. The Bertz CT molecular complexity index is 1460. The quantitative estimate of drug-likeness (QED) is 0.0613. The minimum Gasteiger partial charge on any atom is -0.369 e. The van der Waals surface area contributed by atoms with Gasteiger partial charge in [-0.05, 0) is 57.8 Å². The molecule has 5 unspecified atom stereocenters. The SMILES string of the molecule is O=C(CCCCCNC(=O)CCCCC1SCC2NC(=O)NC21)NCCCCCC(=O)NCCCCNc1ncnc2c1cnn2C1CCC(O)O1. The van der Waals surface area contributed by atoms with E-state index in [0.717, 1.165) is 81.8 Å². The molecule has 0 radical (unpaired) electrons. The highest BCUT2D eigenvalue weighted by molar-refractivity contribution is 8.00. The molecule has 2 aromatic heterocycles. The van der Waals surface area contributed by atoms with Crippen LogP contribution in [0, 0.1) is 0 Å². The molecule has 3 fully saturated rings. The van der Waals surface area contributed by atoms with E-state index in [2.05, 4.69) is 47.0 Å². The summed E-state index contributed by atoms with van der Waals surface area (Å²) in [7, 11) is 0. The molecule has 52 heavy (non-hydrogen) atoms. The van der Waals surface area contributed by atoms with E-state index in [1.165, 1.54) is 6.33 Å². The number of thioether (sulfide) groups is 1. The molecule has 0 saturated carbocycles. The molecule has 288 valence electrons. The average Bonchev–Trinajstić information content (AvgIpc) is 3.92. The van der Waals surface area contributed by atoms with Gasteiger partial charge in [-0.2, -0.15) is 16.9 Å². The molecular weight excluding hydrogens is 689 g/mol. The first-order valence-electron chi connectivity index (χ1n) is 19.1. The number of aliphatic hydroxyl groups is 1. The highest BCUT2D eigenvalue weighted by Gasteiger charge is 2.42. The van der Waals surface area contributed by atoms with Gasteiger partial charge in [-0.25, -0.2) is 19.4 Å². The third-order valence-electron chi connectivity index (χ3n) is 9.74. The fraction of sp³-hybridized carbons (Fsp3) is 0.743. The molecule has 3 saturated heterocycles. The van der Waals surface area contributed by atoms with E-state index in [-0.39, 0.29) is 42.1 Å². The lowest BCUT2D eigenvalue weighted by Crippen LogP contribution is -2.36. The number of amides is 5. The number of carbonyl (C=O) groups is 4. The molecular formula is C35H56N10O6S. The maximum atomic E-state index is 12.2. The lowest BCUT2D eigenvalue weighted by Gasteiger charge is -2.16. The third kappa shape index (κ3) is 12.5. The number of unbranched alkanes of at least 4 members (excludes halogenated alkanes) is 6. The highest BCUT2D eigenvalue weighted by atomic mass is 32.2. The van der Waals surface area contributed by atoms with Gasteiger partial charge < -0.3 is 41.7 Å². The minimum absolute atomic E-state index is 0.0491. The van der Waals surface area contributed by atoms with E-state index < -0.39 is 6.29 Å². The molecule has 0 aromatic carbocycles. The molecule has 3 aliphatic rings. The summed E-state index contributed by atoms with van der Waals surface area (Å²) in [5.41, 5.74) is 0.661. The van der Waals surface area contributed by atoms with Crippen LogP contribution in [0.5, 0.6) is 0 Å². The summed E-state index contributed by atoms with van der Waals surface area (Å²) in [6, 6.07) is 0.398. The molecule has 5 rings (SSSR count). The van der Waals surface area contributed by atoms with E-state index in [4.69, 9.17) is 4.74 Å². The normalized spacial score (nSPS) is 22.2. The van der Waals surface area contributed by atoms with Gasteiger partial charge in [0, 0.05) is 62.9 Å². The van der Waals surface area contributed by atoms with Crippen molar-refractivity contribution in [3.8, 4) is 0 Å². The lowest BCUT2D eigenvalue weighted by atomic mass is 10.0. The zero-order valence-corrected chi connectivity index (χ0v) is 30.9. The number of hydrogen-bond donors (Lipinski definition) is 7. The Morgan fingerprint density at radius 1 is 0.827 bits per heavy atom. The van der Waals surface area contributed by atoms with Crippen LogP contribution in [0.1, 0.15) is 109 Å². The van der Waals surface area contributed by atoms with E-state index in [1.807, 2.05) is 11.8 Å². The summed E-state index contributed by atoms with van der Waals surface area (Å²) >= 11 is 1.90. The number of nitrogens with zero attached hydrogens (tertiary/aromatic N) is 4. The summed E-state index contributed by atoms with van der Waals surface area (Å²) in [5.74, 6) is 1.84. The molecule has 3 aliphatic heterocycles. The van der Waals surface area contributed by atoms with Crippen molar-refractivity contribution < 1.29 is 29.0 Å². The third-order valence-corrected chi connectivity index (χ3v) is 11.3. The van der Waals surface area contributed by atoms with Crippen LogP contribution in [0.3, 0.4) is 0 Å². The van der Waals surface area contributed by atoms with E-state index in [1.54, 1.807) is 10.9 Å². The number of carbonyl (C=O) groups excluding carboxylic acids is 4. The first-order chi connectivity index (χ1) is 25.4. The molecule has 5 heterocycles. The van der Waals surface area contributed by atoms with Crippen molar-refractivity contribution in [1.29, 1.82) is 0 Å². The van der Waals surface area contributed by atoms with Crippen molar-refractivity contribution in [3.63, 3.8) is 0 Å². The highest BCUT2D eigenvalue weighted by Crippen LogP contribution is 2.33. The van der Waals surface area contributed by atoms with Crippen LogP contribution in [0.4, 0.5) is 10.6 Å². The number of urea groups is 1. The summed E-state index contributed by atoms with van der Waals surface area (Å²) in [4.78, 5) is 56.7. The summed E-state index contributed by atoms with van der Waals surface area (Å²) < 4.78 is 7.20. The fourth-order valence-corrected chi connectivity index (χ4v) is 8.39. The Morgan fingerprint density at radius 3 is 2.12 bits per heavy atom. The standard InChI is InChI=1S/C35H56N10O6S/c46-27(12-3-1-8-18-37-29(48)14-6-5-11-26-32-25(22-52-26)43-35(50)44-32)36-17-7-2-4-13-28(47)38-19-9-10-20-39-33-24-21-42-45(34(24)41-23-40-33)30-15-16-31(49)51-30/h21,23,25-26,30-32,49H,1-20,22H2,(H,36,46)(H,37,48)(H,38,47)(H,39,40,41)(H2,43,44,50). The Balaban J connectivity index is 0.773. The lowest BCUT2D eigenvalue weighted by molar-refractivity contribution is -0.122. The first kappa shape index (κ1) is 39.5. The summed E-state index contributed by atoms with van der Waals surface area (Å²) in [6.45, 7) is 2.56. The Labute approximate surface area is 309 Å². The van der Waals surface area contributed by atoms with Crippen molar-refractivity contribution in [1.82, 2.24) is 46.3 Å². The molecule has 2 aromatic rings. The van der Waals surface area contributed by atoms with Gasteiger partial charge in [0.05, 0.1) is 23.7 Å². The van der Waals surface area contributed by atoms with Crippen LogP contribution in [-0.4, -0.2) is 104 Å². The fourth-order valence-electron chi connectivity index (χ4n) is 6.85. The van der Waals surface area contributed by atoms with Crippen molar-refractivity contribution >= 4 is 52.4 Å². The van der Waals surface area contributed by atoms with Gasteiger partial charge in [0.15, 0.2) is 18.2 Å². The molecule has 0 aliphatic carbocycles. The largest absolute Gasteiger partial charge is 0.369 e. The van der Waals surface area contributed by atoms with Crippen molar-refractivity contribution in [2.24, 2.45) is 0 Å². The Hall–Kier alpha value is -3.70. The minimum atomic E-state index is -0.772. The Morgan fingerprint density at radius 2 is 1.46 bits per heavy atom. The predicted molar refractivity (Wildman–Crippen MR) is 198 cm³/mol. The van der Waals surface area contributed by atoms with Gasteiger partial charge in [-0.3, -0.25) is 14.4 Å². The number of ether oxygens (including phenoxy) is 1. The first-order valence-corrected chi connectivity index (χ1v) is 20.2. The van der Waals surface area contributed by atoms with E-state index in [0.29, 0.717) is 75.0 Å². The maximum Gasteiger partial charge on any atom is 0.315 e. The number of hydrogen-bond acceptors (Lipinski definition) is 11. The van der Waals surface area contributed by atoms with Crippen LogP contribution in [-0.2, 0) is 19.1 Å². The van der Waals surface area contributed by atoms with E-state index in [9.17, 15) is 24.3 Å². The monoisotopic (exact) mass is 744 g/mol. The molecule has 0 bridgehead atoms. The van der Waals surface area contributed by atoms with Gasteiger partial charge in [0.1, 0.15) is 12.1 Å². The number of aliphatic hydroxyl groups excluding tert-OH is 1. The van der Waals surface area contributed by atoms with Crippen molar-refractivity contribution in [2.45, 2.75) is 133 Å². The van der Waals surface area contributed by atoms with E-state index >= 15 is 0 Å². The van der Waals surface area contributed by atoms with Crippen molar-refractivity contribution in [3.05, 3.63) is 12.5 Å². The topological polar surface area (TPSA) is 214 Å². The molecule has 0 spiro atoms. The second kappa shape index (κ2) is 21.1. The van der Waals surface area contributed by atoms with Gasteiger partial charge in [-0.1, -0.05) is 19.3 Å². The molecule has 7 N–H and O–H groups in total. The van der Waals surface area contributed by atoms with Gasteiger partial charge in [-0.15, -0.1) is 0 Å². The average molecular weight is 745 g/mol. The predicted octanol–water partition coefficient (Wildman–Crippen LogP) is 2.84. The van der Waals surface area contributed by atoms with Crippen LogP contribution in [0.2, 0.25) is 0 Å². The summed E-state index contributed by atoms with van der Waals surface area (Å²) in [5, 5.41) is 33.5. The van der Waals surface area contributed by atoms with Crippen LogP contribution in [0.15, 0.2) is 12.5 Å². The van der Waals surface area contributed by atoms with Crippen LogP contribution < -0.4 is 31.9 Å². The van der Waals surface area contributed by atoms with Crippen molar-refractivity contribution in [2.75, 3.05) is 37.2 Å². The number of nitrogens with one attached hydrogen (secondary N) is 6. The Kier molecular flexibility index (Phi) is 16.0. The molecule has 16 nitrogen and oxygen atoms in total. The number of rotatable bonds is 24. The molecule has 5 amide bonds. The van der Waals surface area contributed by atoms with Gasteiger partial charge >= 0.3 is 6.03 Å². The van der Waals surface area contributed by atoms with Crippen LogP contribution in [0.25, 0.3) is 11.0 Å². The molecule has 17 heteroatoms. The number of fused-ring (bicyclic) bond motifs is 2. The number of aromatic nitrogens is 4. The second-order valence-electron chi connectivity index (χ2n) is 13.8. The molecule has 5 atom stereocenters. The summed E-state index contributed by atoms with van der Waals surface area (Å²) in [6.07, 6.45) is 14.4. The second-order valence-corrected chi connectivity index (χ2v) is 15.1. The number of anilines is 1. The zero-order valence-electron chi connectivity index (χ0n) is 30.1. The zero-order chi connectivity index (χ0) is 36.5. The maximum absolute atomic E-state index is 12.2.